The minimum absolute atomic E-state index is 0.228. The van der Waals surface area contributed by atoms with E-state index in [9.17, 15) is 9.59 Å². The minimum Gasteiger partial charge on any atom is -0.489 e. The van der Waals surface area contributed by atoms with Crippen LogP contribution in [0.2, 0.25) is 10.0 Å². The van der Waals surface area contributed by atoms with Crippen LogP contribution in [0.1, 0.15) is 36.1 Å². The normalized spacial score (nSPS) is 15.2. The van der Waals surface area contributed by atoms with Crippen molar-refractivity contribution in [3.8, 4) is 5.75 Å². The van der Waals surface area contributed by atoms with E-state index in [0.717, 1.165) is 17.3 Å². The highest BCUT2D eigenvalue weighted by atomic mass is 35.5. The molecule has 190 valence electrons. The van der Waals surface area contributed by atoms with Crippen molar-refractivity contribution in [2.75, 3.05) is 6.61 Å². The maximum atomic E-state index is 13.4. The molecule has 4 rings (SSSR count). The van der Waals surface area contributed by atoms with Gasteiger partial charge in [0.25, 0.3) is 5.91 Å². The van der Waals surface area contributed by atoms with E-state index in [0.29, 0.717) is 42.6 Å². The zero-order valence-corrected chi connectivity index (χ0v) is 23.0. The summed E-state index contributed by atoms with van der Waals surface area (Å²) in [7, 11) is 0. The molecule has 1 amide bonds. The number of nitrogens with zero attached hydrogens (tertiary/aromatic N) is 1. The van der Waals surface area contributed by atoms with Gasteiger partial charge in [0.2, 0.25) is 0 Å². The van der Waals surface area contributed by atoms with Crippen LogP contribution in [-0.2, 0) is 20.9 Å². The molecule has 0 spiro atoms. The van der Waals surface area contributed by atoms with Gasteiger partial charge in [0.05, 0.1) is 11.5 Å². The first-order valence-electron chi connectivity index (χ1n) is 11.5. The standard InChI is InChI=1S/C28H23Cl2NO4S2/c1-2-15-34-27(33)25(19-7-4-3-5-8-19)31-26(32)24(37-28(31)36)16-18-11-13-20(14-12-18)35-17-21-22(29)9-6-10-23(21)30/h3-14,16,25H,2,15,17H2,1H3/b24-16-. The van der Waals surface area contributed by atoms with Gasteiger partial charge in [-0.05, 0) is 47.9 Å². The third kappa shape index (κ3) is 6.54. The maximum Gasteiger partial charge on any atom is 0.333 e. The molecule has 3 aromatic carbocycles. The molecular weight excluding hydrogens is 549 g/mol. The van der Waals surface area contributed by atoms with Crippen LogP contribution in [0.3, 0.4) is 0 Å². The Morgan fingerprint density at radius 2 is 1.70 bits per heavy atom. The van der Waals surface area contributed by atoms with Crippen molar-refractivity contribution in [1.29, 1.82) is 0 Å². The molecule has 1 heterocycles. The van der Waals surface area contributed by atoms with Crippen molar-refractivity contribution in [2.45, 2.75) is 26.0 Å². The Labute approximate surface area is 235 Å². The van der Waals surface area contributed by atoms with Gasteiger partial charge in [-0.25, -0.2) is 4.79 Å². The maximum absolute atomic E-state index is 13.4. The molecule has 1 atom stereocenters. The average Bonchev–Trinajstić information content (AvgIpc) is 3.16. The van der Waals surface area contributed by atoms with Gasteiger partial charge < -0.3 is 9.47 Å². The fourth-order valence-corrected chi connectivity index (χ4v) is 5.47. The van der Waals surface area contributed by atoms with Gasteiger partial charge in [-0.1, -0.05) is 103 Å². The SMILES string of the molecule is CCCOC(=O)C(c1ccccc1)N1C(=O)/C(=C/c2ccc(OCc3c(Cl)cccc3Cl)cc2)SC1=S. The van der Waals surface area contributed by atoms with Crippen LogP contribution in [0, 0.1) is 0 Å². The highest BCUT2D eigenvalue weighted by molar-refractivity contribution is 8.26. The van der Waals surface area contributed by atoms with Gasteiger partial charge in [-0.15, -0.1) is 0 Å². The Morgan fingerprint density at radius 3 is 2.35 bits per heavy atom. The molecule has 0 aliphatic carbocycles. The molecule has 5 nitrogen and oxygen atoms in total. The predicted molar refractivity (Wildman–Crippen MR) is 153 cm³/mol. The van der Waals surface area contributed by atoms with Gasteiger partial charge in [0.15, 0.2) is 6.04 Å². The second-order valence-electron chi connectivity index (χ2n) is 8.09. The van der Waals surface area contributed by atoms with E-state index in [1.807, 2.05) is 37.3 Å². The largest absolute Gasteiger partial charge is 0.489 e. The Bertz CT molecular complexity index is 1310. The molecule has 0 bridgehead atoms. The highest BCUT2D eigenvalue weighted by Gasteiger charge is 2.42. The molecule has 3 aromatic rings. The van der Waals surface area contributed by atoms with Crippen LogP contribution in [0.15, 0.2) is 77.7 Å². The van der Waals surface area contributed by atoms with Crippen LogP contribution in [-0.4, -0.2) is 27.7 Å². The Hall–Kier alpha value is -2.84. The number of benzene rings is 3. The van der Waals surface area contributed by atoms with Crippen molar-refractivity contribution in [3.63, 3.8) is 0 Å². The predicted octanol–water partition coefficient (Wildman–Crippen LogP) is 7.47. The summed E-state index contributed by atoms with van der Waals surface area (Å²) in [5.74, 6) is -0.222. The quantitative estimate of drug-likeness (QED) is 0.151. The van der Waals surface area contributed by atoms with E-state index in [4.69, 9.17) is 44.9 Å². The van der Waals surface area contributed by atoms with E-state index in [2.05, 4.69) is 0 Å². The smallest absolute Gasteiger partial charge is 0.333 e. The third-order valence-electron chi connectivity index (χ3n) is 5.49. The van der Waals surface area contributed by atoms with E-state index < -0.39 is 12.0 Å². The summed E-state index contributed by atoms with van der Waals surface area (Å²) in [5.41, 5.74) is 2.14. The number of thioether (sulfide) groups is 1. The molecule has 0 N–H and O–H groups in total. The van der Waals surface area contributed by atoms with Gasteiger partial charge in [0, 0.05) is 15.6 Å². The number of carbonyl (C=O) groups is 2. The number of amides is 1. The molecule has 1 aliphatic heterocycles. The summed E-state index contributed by atoms with van der Waals surface area (Å²) in [6.45, 7) is 2.41. The molecule has 1 saturated heterocycles. The fraction of sp³-hybridized carbons (Fsp3) is 0.179. The van der Waals surface area contributed by atoms with E-state index >= 15 is 0 Å². The third-order valence-corrected chi connectivity index (χ3v) is 7.53. The van der Waals surface area contributed by atoms with E-state index in [1.165, 1.54) is 4.90 Å². The van der Waals surface area contributed by atoms with Crippen LogP contribution in [0.25, 0.3) is 6.08 Å². The Kier molecular flexibility index (Phi) is 9.27. The zero-order chi connectivity index (χ0) is 26.4. The van der Waals surface area contributed by atoms with Crippen LogP contribution in [0.5, 0.6) is 5.75 Å². The summed E-state index contributed by atoms with van der Waals surface area (Å²) in [4.78, 5) is 28.1. The number of esters is 1. The van der Waals surface area contributed by atoms with Crippen molar-refractivity contribution >= 4 is 69.5 Å². The molecule has 0 saturated carbocycles. The van der Waals surface area contributed by atoms with Crippen molar-refractivity contribution in [2.24, 2.45) is 0 Å². The van der Waals surface area contributed by atoms with Gasteiger partial charge in [-0.2, -0.15) is 0 Å². The van der Waals surface area contributed by atoms with Gasteiger partial charge >= 0.3 is 5.97 Å². The summed E-state index contributed by atoms with van der Waals surface area (Å²) in [5, 5.41) is 1.08. The minimum atomic E-state index is -0.946. The topological polar surface area (TPSA) is 55.8 Å². The first kappa shape index (κ1) is 27.2. The lowest BCUT2D eigenvalue weighted by Gasteiger charge is -2.25. The van der Waals surface area contributed by atoms with E-state index in [-0.39, 0.29) is 19.1 Å². The Balaban J connectivity index is 1.50. The Morgan fingerprint density at radius 1 is 1.03 bits per heavy atom. The molecule has 1 aliphatic rings. The number of carbonyl (C=O) groups excluding carboxylic acids is 2. The second kappa shape index (κ2) is 12.6. The van der Waals surface area contributed by atoms with Gasteiger partial charge in [-0.3, -0.25) is 9.69 Å². The number of hydrogen-bond acceptors (Lipinski definition) is 6. The summed E-state index contributed by atoms with van der Waals surface area (Å²) in [6, 6.07) is 20.7. The first-order chi connectivity index (χ1) is 17.9. The van der Waals surface area contributed by atoms with Crippen LogP contribution in [0.4, 0.5) is 0 Å². The lowest BCUT2D eigenvalue weighted by molar-refractivity contribution is -0.151. The number of ether oxygens (including phenoxy) is 2. The first-order valence-corrected chi connectivity index (χ1v) is 13.5. The molecular formula is C28H23Cl2NO4S2. The molecule has 1 unspecified atom stereocenters. The lowest BCUT2D eigenvalue weighted by Crippen LogP contribution is -2.38. The highest BCUT2D eigenvalue weighted by Crippen LogP contribution is 2.39. The second-order valence-corrected chi connectivity index (χ2v) is 10.6. The molecule has 0 radical (unpaired) electrons. The van der Waals surface area contributed by atoms with E-state index in [1.54, 1.807) is 48.5 Å². The average molecular weight is 573 g/mol. The summed E-state index contributed by atoms with van der Waals surface area (Å²) in [6.07, 6.45) is 2.42. The molecule has 37 heavy (non-hydrogen) atoms. The zero-order valence-electron chi connectivity index (χ0n) is 19.9. The van der Waals surface area contributed by atoms with Crippen LogP contribution < -0.4 is 4.74 Å². The molecule has 0 aromatic heterocycles. The lowest BCUT2D eigenvalue weighted by atomic mass is 10.1. The van der Waals surface area contributed by atoms with Crippen LogP contribution >= 0.6 is 47.2 Å². The van der Waals surface area contributed by atoms with Crippen molar-refractivity contribution < 1.29 is 19.1 Å². The summed E-state index contributed by atoms with van der Waals surface area (Å²) >= 11 is 19.1. The molecule has 1 fully saturated rings. The fourth-order valence-electron chi connectivity index (χ4n) is 3.65. The number of halogens is 2. The van der Waals surface area contributed by atoms with Crippen molar-refractivity contribution in [1.82, 2.24) is 4.90 Å². The number of rotatable bonds is 9. The summed E-state index contributed by atoms with van der Waals surface area (Å²) < 4.78 is 11.5. The number of thiocarbonyl (C=S) groups is 1. The van der Waals surface area contributed by atoms with Crippen molar-refractivity contribution in [3.05, 3.63) is 104 Å². The number of hydrogen-bond donors (Lipinski definition) is 0. The van der Waals surface area contributed by atoms with Gasteiger partial charge in [0.1, 0.15) is 16.7 Å². The monoisotopic (exact) mass is 571 g/mol. The molecule has 9 heteroatoms.